The van der Waals surface area contributed by atoms with Crippen molar-refractivity contribution >= 4 is 12.1 Å². The minimum atomic E-state index is -1.43. The van der Waals surface area contributed by atoms with Gasteiger partial charge in [0.1, 0.15) is 11.7 Å². The fourth-order valence-electron chi connectivity index (χ4n) is 7.64. The van der Waals surface area contributed by atoms with E-state index in [9.17, 15) is 19.8 Å². The lowest BCUT2D eigenvalue weighted by Crippen LogP contribution is -2.74. The summed E-state index contributed by atoms with van der Waals surface area (Å²) in [6.45, 7) is 11.0. The van der Waals surface area contributed by atoms with Crippen LogP contribution in [0.5, 0.6) is 0 Å². The van der Waals surface area contributed by atoms with E-state index < -0.39 is 36.0 Å². The Morgan fingerprint density at radius 1 is 1.11 bits per heavy atom. The molecule has 4 heterocycles. The number of aliphatic hydroxyl groups excluding tert-OH is 1. The molecule has 258 valence electrons. The molecule has 3 aliphatic heterocycles. The Hall–Kier alpha value is -3.01. The molecule has 9 nitrogen and oxygen atoms in total. The normalized spacial score (nSPS) is 32.7. The summed E-state index contributed by atoms with van der Waals surface area (Å²) in [5.41, 5.74) is 0.523. The Balaban J connectivity index is 1.23. The topological polar surface area (TPSA) is 112 Å². The summed E-state index contributed by atoms with van der Waals surface area (Å²) in [5.74, 6) is -0.678. The molecule has 6 atom stereocenters. The number of allylic oxidation sites excluding steroid dienone is 3. The molecule has 1 amide bonds. The van der Waals surface area contributed by atoms with E-state index in [1.165, 1.54) is 38.5 Å². The molecule has 0 aromatic carbocycles. The second kappa shape index (κ2) is 15.5. The number of nitrogens with zero attached hydrogens (tertiary/aromatic N) is 3. The first-order valence-electron chi connectivity index (χ1n) is 17.7. The van der Waals surface area contributed by atoms with E-state index in [-0.39, 0.29) is 36.5 Å². The van der Waals surface area contributed by atoms with Crippen molar-refractivity contribution in [1.82, 2.24) is 14.8 Å². The molecule has 9 heteroatoms. The summed E-state index contributed by atoms with van der Waals surface area (Å²) < 4.78 is 11.9. The van der Waals surface area contributed by atoms with Gasteiger partial charge >= 0.3 is 12.1 Å². The summed E-state index contributed by atoms with van der Waals surface area (Å²) in [4.78, 5) is 35.0. The van der Waals surface area contributed by atoms with Gasteiger partial charge in [0.2, 0.25) is 0 Å². The van der Waals surface area contributed by atoms with E-state index in [2.05, 4.69) is 16.8 Å². The predicted molar refractivity (Wildman–Crippen MR) is 182 cm³/mol. The molecular weight excluding hydrogens is 594 g/mol. The molecular formula is C38H55N3O6. The minimum Gasteiger partial charge on any atom is -0.457 e. The van der Waals surface area contributed by atoms with Crippen LogP contribution in [0, 0.1) is 11.3 Å². The van der Waals surface area contributed by atoms with Crippen LogP contribution >= 0.6 is 0 Å². The molecule has 1 unspecified atom stereocenters. The van der Waals surface area contributed by atoms with E-state index in [1.807, 2.05) is 56.4 Å². The fraction of sp³-hybridized carbons (Fsp3) is 0.658. The lowest BCUT2D eigenvalue weighted by atomic mass is 9.72. The molecule has 2 saturated heterocycles. The third-order valence-corrected chi connectivity index (χ3v) is 10.6. The van der Waals surface area contributed by atoms with Crippen molar-refractivity contribution in [2.45, 2.75) is 121 Å². The Morgan fingerprint density at radius 3 is 2.51 bits per heavy atom. The molecule has 4 aliphatic rings. The van der Waals surface area contributed by atoms with Crippen LogP contribution in [0.25, 0.3) is 0 Å². The number of likely N-dealkylation sites (tertiary alicyclic amines) is 2. The number of carbonyl (C=O) groups is 2. The Kier molecular flexibility index (Phi) is 11.6. The molecule has 0 bridgehead atoms. The van der Waals surface area contributed by atoms with Gasteiger partial charge in [-0.05, 0) is 63.3 Å². The standard InChI is InChI=1S/C38H55N3O6/c1-27(32-16-9-10-21-39-32)12-11-13-28(2)35-29(3)17-18-33(37(4,45)20-19-31(42)22-34(43)47-35)46-36(44)41-25-38(26-41)23-40(24-38)30-14-7-5-6-8-15-30/h9-13,16-18,21,27,29-31,33,35,42,45H,5-8,14-15,19-20,22-26H2,1-4H3/b12-11+,18-17+,28-13+/t27?,29-,31-,33-,35+,37-/m0/s1. The monoisotopic (exact) mass is 649 g/mol. The third-order valence-electron chi connectivity index (χ3n) is 10.6. The molecule has 47 heavy (non-hydrogen) atoms. The Morgan fingerprint density at radius 2 is 1.83 bits per heavy atom. The van der Waals surface area contributed by atoms with Gasteiger partial charge in [-0.3, -0.25) is 14.7 Å². The zero-order chi connectivity index (χ0) is 33.6. The number of esters is 1. The van der Waals surface area contributed by atoms with Crippen LogP contribution in [0.15, 0.2) is 60.3 Å². The highest BCUT2D eigenvalue weighted by atomic mass is 16.6. The van der Waals surface area contributed by atoms with Crippen molar-refractivity contribution in [3.05, 3.63) is 66.0 Å². The summed E-state index contributed by atoms with van der Waals surface area (Å²) in [6, 6.07) is 6.52. The minimum absolute atomic E-state index is 0.107. The number of amides is 1. The predicted octanol–water partition coefficient (Wildman–Crippen LogP) is 5.93. The van der Waals surface area contributed by atoms with Crippen LogP contribution < -0.4 is 0 Å². The molecule has 3 fully saturated rings. The largest absolute Gasteiger partial charge is 0.457 e. The van der Waals surface area contributed by atoms with E-state index >= 15 is 0 Å². The zero-order valence-electron chi connectivity index (χ0n) is 28.7. The van der Waals surface area contributed by atoms with Crippen LogP contribution in [-0.4, -0.2) is 93.2 Å². The Labute approximate surface area is 280 Å². The highest BCUT2D eigenvalue weighted by Gasteiger charge is 2.55. The maximum atomic E-state index is 13.4. The number of cyclic esters (lactones) is 1. The smallest absolute Gasteiger partial charge is 0.410 e. The van der Waals surface area contributed by atoms with Gasteiger partial charge in [-0.2, -0.15) is 0 Å². The van der Waals surface area contributed by atoms with Gasteiger partial charge in [0.05, 0.1) is 12.5 Å². The molecule has 2 N–H and O–H groups in total. The molecule has 0 radical (unpaired) electrons. The van der Waals surface area contributed by atoms with Crippen LogP contribution in [0.2, 0.25) is 0 Å². The first kappa shape index (κ1) is 35.3. The van der Waals surface area contributed by atoms with Crippen molar-refractivity contribution in [3.63, 3.8) is 0 Å². The highest BCUT2D eigenvalue weighted by Crippen LogP contribution is 2.43. The number of rotatable bonds is 6. The quantitative estimate of drug-likeness (QED) is 0.169. The van der Waals surface area contributed by atoms with Gasteiger partial charge in [0, 0.05) is 61.4 Å². The maximum Gasteiger partial charge on any atom is 0.410 e. The summed E-state index contributed by atoms with van der Waals surface area (Å²) in [6.07, 6.45) is 16.3. The molecule has 5 rings (SSSR count). The first-order chi connectivity index (χ1) is 22.4. The van der Waals surface area contributed by atoms with E-state index in [0.29, 0.717) is 19.1 Å². The van der Waals surface area contributed by atoms with Crippen molar-refractivity contribution in [3.8, 4) is 0 Å². The number of aromatic nitrogens is 1. The lowest BCUT2D eigenvalue weighted by Gasteiger charge is -2.61. The Bertz CT molecular complexity index is 1290. The summed E-state index contributed by atoms with van der Waals surface area (Å²) in [5, 5.41) is 22.1. The highest BCUT2D eigenvalue weighted by molar-refractivity contribution is 5.71. The van der Waals surface area contributed by atoms with Crippen molar-refractivity contribution in [1.29, 1.82) is 0 Å². The SMILES string of the molecule is C/C(=C\C=C\C(C)c1ccccn1)[C@H]1OC(=O)C[C@@H](O)CC[C@](C)(O)[C@@H](OC(=O)N2CC3(C2)CN(C2CCCCCC2)C3)/C=C/[C@@H]1C. The molecule has 1 aromatic rings. The first-order valence-corrected chi connectivity index (χ1v) is 17.7. The van der Waals surface area contributed by atoms with Crippen molar-refractivity contribution in [2.24, 2.45) is 11.3 Å². The number of hydrogen-bond donors (Lipinski definition) is 2. The van der Waals surface area contributed by atoms with E-state index in [1.54, 1.807) is 24.1 Å². The molecule has 1 aromatic heterocycles. The second-order valence-corrected chi connectivity index (χ2v) is 15.0. The van der Waals surface area contributed by atoms with E-state index in [4.69, 9.17) is 9.47 Å². The molecule has 1 saturated carbocycles. The molecule has 1 spiro atoms. The summed E-state index contributed by atoms with van der Waals surface area (Å²) in [7, 11) is 0. The van der Waals surface area contributed by atoms with Gasteiger partial charge < -0.3 is 24.6 Å². The molecule has 1 aliphatic carbocycles. The van der Waals surface area contributed by atoms with Crippen molar-refractivity contribution in [2.75, 3.05) is 26.2 Å². The van der Waals surface area contributed by atoms with Gasteiger partial charge in [-0.25, -0.2) is 4.79 Å². The number of aliphatic hydroxyl groups is 2. The third kappa shape index (κ3) is 9.12. The van der Waals surface area contributed by atoms with Gasteiger partial charge in [0.15, 0.2) is 6.10 Å². The lowest BCUT2D eigenvalue weighted by molar-refractivity contribution is -0.151. The van der Waals surface area contributed by atoms with E-state index in [0.717, 1.165) is 24.4 Å². The number of hydrogen-bond acceptors (Lipinski definition) is 8. The van der Waals surface area contributed by atoms with Crippen LogP contribution in [0.4, 0.5) is 4.79 Å². The van der Waals surface area contributed by atoms with Crippen LogP contribution in [-0.2, 0) is 14.3 Å². The van der Waals surface area contributed by atoms with Gasteiger partial charge in [-0.15, -0.1) is 0 Å². The zero-order valence-corrected chi connectivity index (χ0v) is 28.7. The van der Waals surface area contributed by atoms with Gasteiger partial charge in [0.25, 0.3) is 0 Å². The fourth-order valence-corrected chi connectivity index (χ4v) is 7.64. The van der Waals surface area contributed by atoms with Crippen molar-refractivity contribution < 1.29 is 29.3 Å². The van der Waals surface area contributed by atoms with Crippen LogP contribution in [0.3, 0.4) is 0 Å². The van der Waals surface area contributed by atoms with Crippen LogP contribution in [0.1, 0.15) is 97.1 Å². The second-order valence-electron chi connectivity index (χ2n) is 15.0. The number of ether oxygens (including phenoxy) is 2. The number of pyridine rings is 1. The average Bonchev–Trinajstić information content (AvgIpc) is 3.28. The average molecular weight is 650 g/mol. The summed E-state index contributed by atoms with van der Waals surface area (Å²) >= 11 is 0. The maximum absolute atomic E-state index is 13.4. The van der Waals surface area contributed by atoms with Gasteiger partial charge in [-0.1, -0.05) is 69.9 Å². The number of carbonyl (C=O) groups excluding carboxylic acids is 2.